The largest absolute Gasteiger partial charge is 0.492 e. The summed E-state index contributed by atoms with van der Waals surface area (Å²) in [4.78, 5) is -0.219. The molecule has 0 saturated heterocycles. The zero-order chi connectivity index (χ0) is 14.8. The first-order chi connectivity index (χ1) is 8.63. The van der Waals surface area contributed by atoms with Crippen LogP contribution < -0.4 is 4.74 Å². The summed E-state index contributed by atoms with van der Waals surface area (Å²) in [5.41, 5.74) is -0.817. The van der Waals surface area contributed by atoms with E-state index >= 15 is 0 Å². The molecule has 0 fully saturated rings. The molecule has 19 heavy (non-hydrogen) atoms. The molecular formula is C12H16BrFO4S. The molecule has 0 spiro atoms. The highest BCUT2D eigenvalue weighted by Gasteiger charge is 2.30. The Morgan fingerprint density at radius 2 is 2.00 bits per heavy atom. The zero-order valence-electron chi connectivity index (χ0n) is 10.9. The molecule has 0 bridgehead atoms. The number of benzene rings is 1. The first kappa shape index (κ1) is 16.4. The van der Waals surface area contributed by atoms with Gasteiger partial charge in [-0.1, -0.05) is 29.8 Å². The molecule has 0 aliphatic carbocycles. The van der Waals surface area contributed by atoms with Crippen molar-refractivity contribution in [3.8, 4) is 5.75 Å². The van der Waals surface area contributed by atoms with Crippen LogP contribution in [0.3, 0.4) is 0 Å². The Morgan fingerprint density at radius 1 is 1.42 bits per heavy atom. The second kappa shape index (κ2) is 5.76. The van der Waals surface area contributed by atoms with Crippen LogP contribution in [0.1, 0.15) is 13.8 Å². The fourth-order valence-electron chi connectivity index (χ4n) is 1.60. The van der Waals surface area contributed by atoms with Gasteiger partial charge in [-0.05, 0) is 12.1 Å². The molecule has 0 heterocycles. The summed E-state index contributed by atoms with van der Waals surface area (Å²) in [6, 6.07) is 2.43. The number of methoxy groups -OCH3 is 1. The monoisotopic (exact) mass is 354 g/mol. The van der Waals surface area contributed by atoms with Gasteiger partial charge >= 0.3 is 0 Å². The van der Waals surface area contributed by atoms with E-state index in [-0.39, 0.29) is 23.0 Å². The number of ether oxygens (including phenoxy) is 1. The molecule has 0 atom stereocenters. The summed E-state index contributed by atoms with van der Waals surface area (Å²) in [7, 11) is -2.56. The molecule has 4 nitrogen and oxygen atoms in total. The minimum atomic E-state index is -3.77. The Labute approximate surface area is 120 Å². The predicted octanol–water partition coefficient (Wildman–Crippen LogP) is 2.39. The zero-order valence-corrected chi connectivity index (χ0v) is 13.3. The third kappa shape index (κ3) is 3.90. The topological polar surface area (TPSA) is 63.6 Å². The lowest BCUT2D eigenvalue weighted by molar-refractivity contribution is 0.178. The molecule has 0 aliphatic rings. The van der Waals surface area contributed by atoms with Crippen molar-refractivity contribution in [1.29, 1.82) is 0 Å². The van der Waals surface area contributed by atoms with Gasteiger partial charge in [-0.2, -0.15) is 0 Å². The number of hydrogen-bond donors (Lipinski definition) is 1. The van der Waals surface area contributed by atoms with Crippen molar-refractivity contribution < 1.29 is 22.7 Å². The van der Waals surface area contributed by atoms with Crippen LogP contribution in [0.15, 0.2) is 21.5 Å². The lowest BCUT2D eigenvalue weighted by atomic mass is 9.98. The summed E-state index contributed by atoms with van der Waals surface area (Å²) in [6.45, 7) is 2.95. The summed E-state index contributed by atoms with van der Waals surface area (Å²) in [6.07, 6.45) is 0. The average Bonchev–Trinajstić information content (AvgIpc) is 2.27. The molecule has 0 saturated carbocycles. The van der Waals surface area contributed by atoms with Gasteiger partial charge in [0.25, 0.3) is 0 Å². The Kier molecular flexibility index (Phi) is 4.97. The van der Waals surface area contributed by atoms with Gasteiger partial charge in [-0.3, -0.25) is 0 Å². The van der Waals surface area contributed by atoms with E-state index in [1.165, 1.54) is 13.2 Å². The van der Waals surface area contributed by atoms with Crippen LogP contribution >= 0.6 is 15.9 Å². The third-order valence-corrected chi connectivity index (χ3v) is 5.11. The van der Waals surface area contributed by atoms with Crippen molar-refractivity contribution in [3.05, 3.63) is 22.4 Å². The van der Waals surface area contributed by atoms with E-state index in [4.69, 9.17) is 9.84 Å². The fourth-order valence-corrected chi connectivity index (χ4v) is 4.23. The number of hydrogen-bond acceptors (Lipinski definition) is 4. The van der Waals surface area contributed by atoms with Gasteiger partial charge in [-0.25, -0.2) is 12.8 Å². The Bertz CT molecular complexity index is 569. The van der Waals surface area contributed by atoms with Crippen molar-refractivity contribution in [2.45, 2.75) is 18.7 Å². The van der Waals surface area contributed by atoms with Gasteiger partial charge in [0.2, 0.25) is 0 Å². The van der Waals surface area contributed by atoms with Crippen molar-refractivity contribution in [1.82, 2.24) is 0 Å². The second-order valence-corrected chi connectivity index (χ2v) is 7.87. The Balaban J connectivity index is 3.37. The normalized spacial score (nSPS) is 12.5. The van der Waals surface area contributed by atoms with Crippen molar-refractivity contribution in [2.24, 2.45) is 5.41 Å². The quantitative estimate of drug-likeness (QED) is 0.881. The van der Waals surface area contributed by atoms with E-state index in [0.717, 1.165) is 6.07 Å². The van der Waals surface area contributed by atoms with E-state index in [1.54, 1.807) is 13.8 Å². The lowest BCUT2D eigenvalue weighted by Crippen LogP contribution is -2.28. The molecule has 7 heteroatoms. The van der Waals surface area contributed by atoms with Crippen LogP contribution in [-0.2, 0) is 9.84 Å². The van der Waals surface area contributed by atoms with E-state index in [9.17, 15) is 12.8 Å². The van der Waals surface area contributed by atoms with Crippen LogP contribution in [0.2, 0.25) is 0 Å². The van der Waals surface area contributed by atoms with Gasteiger partial charge in [0, 0.05) is 16.5 Å². The van der Waals surface area contributed by atoms with Gasteiger partial charge < -0.3 is 9.84 Å². The maximum Gasteiger partial charge on any atom is 0.182 e. The highest BCUT2D eigenvalue weighted by Crippen LogP contribution is 2.33. The Morgan fingerprint density at radius 3 is 2.47 bits per heavy atom. The van der Waals surface area contributed by atoms with Gasteiger partial charge in [-0.15, -0.1) is 0 Å². The van der Waals surface area contributed by atoms with Crippen molar-refractivity contribution >= 4 is 25.8 Å². The fraction of sp³-hybridized carbons (Fsp3) is 0.500. The van der Waals surface area contributed by atoms with Crippen LogP contribution in [0.5, 0.6) is 5.75 Å². The van der Waals surface area contributed by atoms with Gasteiger partial charge in [0.05, 0.1) is 12.9 Å². The molecule has 108 valence electrons. The summed E-state index contributed by atoms with van der Waals surface area (Å²) in [5, 5.41) is 9.16. The molecular weight excluding hydrogens is 339 g/mol. The average molecular weight is 355 g/mol. The SMILES string of the molecule is COc1c(F)cc(Br)cc1S(=O)(=O)CC(C)(C)CO. The second-order valence-electron chi connectivity index (χ2n) is 5.00. The number of aliphatic hydroxyl groups is 1. The third-order valence-electron chi connectivity index (χ3n) is 2.52. The molecule has 1 aromatic rings. The first-order valence-corrected chi connectivity index (χ1v) is 7.94. The van der Waals surface area contributed by atoms with Gasteiger partial charge in [0.1, 0.15) is 4.90 Å². The molecule has 1 rings (SSSR count). The summed E-state index contributed by atoms with van der Waals surface area (Å²) in [5.74, 6) is -1.36. The summed E-state index contributed by atoms with van der Waals surface area (Å²) < 4.78 is 43.5. The Hall–Kier alpha value is -0.660. The number of halogens is 2. The van der Waals surface area contributed by atoms with Crippen LogP contribution in [-0.4, -0.2) is 33.0 Å². The molecule has 0 unspecified atom stereocenters. The van der Waals surface area contributed by atoms with Crippen LogP contribution in [0, 0.1) is 11.2 Å². The molecule has 1 aromatic carbocycles. The maximum absolute atomic E-state index is 13.7. The molecule has 0 aliphatic heterocycles. The minimum absolute atomic E-state index is 0.219. The number of aliphatic hydroxyl groups excluding tert-OH is 1. The molecule has 1 N–H and O–H groups in total. The van der Waals surface area contributed by atoms with E-state index in [2.05, 4.69) is 15.9 Å². The number of sulfone groups is 1. The lowest BCUT2D eigenvalue weighted by Gasteiger charge is -2.22. The maximum atomic E-state index is 13.7. The van der Waals surface area contributed by atoms with E-state index in [1.807, 2.05) is 0 Å². The minimum Gasteiger partial charge on any atom is -0.492 e. The standard InChI is InChI=1S/C12H16BrFO4S/c1-12(2,6-15)7-19(16,17)10-5-8(13)4-9(14)11(10)18-3/h4-5,15H,6-7H2,1-3H3. The molecule has 0 amide bonds. The molecule has 0 radical (unpaired) electrons. The van der Waals surface area contributed by atoms with Crippen LogP contribution in [0.4, 0.5) is 4.39 Å². The molecule has 0 aromatic heterocycles. The van der Waals surface area contributed by atoms with E-state index in [0.29, 0.717) is 4.47 Å². The van der Waals surface area contributed by atoms with Gasteiger partial charge in [0.15, 0.2) is 21.4 Å². The van der Waals surface area contributed by atoms with Crippen LogP contribution in [0.25, 0.3) is 0 Å². The summed E-state index contributed by atoms with van der Waals surface area (Å²) >= 11 is 3.06. The smallest absolute Gasteiger partial charge is 0.182 e. The predicted molar refractivity (Wildman–Crippen MR) is 73.6 cm³/mol. The number of rotatable bonds is 5. The highest BCUT2D eigenvalue weighted by atomic mass is 79.9. The highest BCUT2D eigenvalue weighted by molar-refractivity contribution is 9.10. The van der Waals surface area contributed by atoms with E-state index < -0.39 is 21.1 Å². The van der Waals surface area contributed by atoms with Crippen molar-refractivity contribution in [2.75, 3.05) is 19.5 Å². The first-order valence-electron chi connectivity index (χ1n) is 5.49. The van der Waals surface area contributed by atoms with Crippen molar-refractivity contribution in [3.63, 3.8) is 0 Å².